The molecule has 0 fully saturated rings. The van der Waals surface area contributed by atoms with Gasteiger partial charge in [0.15, 0.2) is 5.82 Å². The van der Waals surface area contributed by atoms with E-state index in [0.717, 1.165) is 12.2 Å². The predicted octanol–water partition coefficient (Wildman–Crippen LogP) is 1.78. The lowest BCUT2D eigenvalue weighted by molar-refractivity contribution is 0.537. The second-order valence-corrected chi connectivity index (χ2v) is 4.96. The number of aromatic nitrogens is 4. The number of rotatable bonds is 6. The molecule has 2 aromatic rings. The van der Waals surface area contributed by atoms with Gasteiger partial charge < -0.3 is 5.32 Å². The molecule has 1 aromatic heterocycles. The summed E-state index contributed by atoms with van der Waals surface area (Å²) in [6, 6.07) is 9.02. The third-order valence-electron chi connectivity index (χ3n) is 3.04. The third kappa shape index (κ3) is 3.86. The second-order valence-electron chi connectivity index (χ2n) is 4.96. The lowest BCUT2D eigenvalue weighted by atomic mass is 10.1. The Morgan fingerprint density at radius 1 is 1.16 bits per heavy atom. The summed E-state index contributed by atoms with van der Waals surface area (Å²) in [7, 11) is 0. The zero-order chi connectivity index (χ0) is 13.7. The minimum atomic E-state index is 0.425. The van der Waals surface area contributed by atoms with Crippen molar-refractivity contribution in [2.45, 2.75) is 46.3 Å². The fourth-order valence-electron chi connectivity index (χ4n) is 1.82. The van der Waals surface area contributed by atoms with E-state index < -0.39 is 0 Å². The monoisotopic (exact) mass is 259 g/mol. The van der Waals surface area contributed by atoms with E-state index in [1.807, 2.05) is 4.68 Å². The van der Waals surface area contributed by atoms with Gasteiger partial charge in [-0.3, -0.25) is 0 Å². The number of hydrogen-bond donors (Lipinski definition) is 1. The SMILES string of the molecule is CCc1ccc(Cn2nnnc2CNC(C)C)cc1. The normalized spacial score (nSPS) is 11.2. The number of nitrogens with zero attached hydrogens (tertiary/aromatic N) is 4. The van der Waals surface area contributed by atoms with Gasteiger partial charge in [-0.25, -0.2) is 4.68 Å². The van der Waals surface area contributed by atoms with Crippen LogP contribution in [0.2, 0.25) is 0 Å². The molecule has 5 heteroatoms. The van der Waals surface area contributed by atoms with E-state index in [4.69, 9.17) is 0 Å². The van der Waals surface area contributed by atoms with Gasteiger partial charge in [0.25, 0.3) is 0 Å². The molecule has 0 aliphatic heterocycles. The highest BCUT2D eigenvalue weighted by atomic mass is 15.5. The van der Waals surface area contributed by atoms with E-state index >= 15 is 0 Å². The molecule has 0 atom stereocenters. The van der Waals surface area contributed by atoms with Crippen molar-refractivity contribution in [3.05, 3.63) is 41.2 Å². The van der Waals surface area contributed by atoms with Gasteiger partial charge in [0, 0.05) is 6.04 Å². The number of aryl methyl sites for hydroxylation is 1. The van der Waals surface area contributed by atoms with Gasteiger partial charge in [-0.05, 0) is 28.0 Å². The van der Waals surface area contributed by atoms with Crippen molar-refractivity contribution in [1.82, 2.24) is 25.5 Å². The summed E-state index contributed by atoms with van der Waals surface area (Å²) >= 11 is 0. The average Bonchev–Trinajstić information content (AvgIpc) is 2.84. The quantitative estimate of drug-likeness (QED) is 0.859. The van der Waals surface area contributed by atoms with Gasteiger partial charge in [0.2, 0.25) is 0 Å². The Morgan fingerprint density at radius 2 is 1.84 bits per heavy atom. The molecule has 0 saturated carbocycles. The Kier molecular flexibility index (Phi) is 4.63. The maximum atomic E-state index is 4.06. The predicted molar refractivity (Wildman–Crippen MR) is 74.7 cm³/mol. The molecule has 0 aliphatic rings. The van der Waals surface area contributed by atoms with Gasteiger partial charge in [-0.1, -0.05) is 45.0 Å². The zero-order valence-corrected chi connectivity index (χ0v) is 11.8. The number of nitrogens with one attached hydrogen (secondary N) is 1. The summed E-state index contributed by atoms with van der Waals surface area (Å²) in [4.78, 5) is 0. The van der Waals surface area contributed by atoms with E-state index in [1.165, 1.54) is 11.1 Å². The van der Waals surface area contributed by atoms with Crippen LogP contribution in [0.15, 0.2) is 24.3 Å². The van der Waals surface area contributed by atoms with Crippen molar-refractivity contribution in [3.63, 3.8) is 0 Å². The van der Waals surface area contributed by atoms with Crippen LogP contribution < -0.4 is 5.32 Å². The maximum absolute atomic E-state index is 4.06. The van der Waals surface area contributed by atoms with Crippen molar-refractivity contribution in [2.24, 2.45) is 0 Å². The van der Waals surface area contributed by atoms with E-state index in [2.05, 4.69) is 65.9 Å². The van der Waals surface area contributed by atoms with Crippen LogP contribution in [0.1, 0.15) is 37.7 Å². The molecule has 102 valence electrons. The number of tetrazole rings is 1. The molecule has 19 heavy (non-hydrogen) atoms. The highest BCUT2D eigenvalue weighted by molar-refractivity contribution is 5.22. The highest BCUT2D eigenvalue weighted by Gasteiger charge is 2.07. The van der Waals surface area contributed by atoms with Crippen LogP contribution in [-0.2, 0) is 19.5 Å². The van der Waals surface area contributed by atoms with E-state index in [9.17, 15) is 0 Å². The lowest BCUT2D eigenvalue weighted by Crippen LogP contribution is -2.24. The molecule has 0 unspecified atom stereocenters. The molecule has 5 nitrogen and oxygen atoms in total. The van der Waals surface area contributed by atoms with Crippen LogP contribution in [0.3, 0.4) is 0 Å². The largest absolute Gasteiger partial charge is 0.308 e. The zero-order valence-electron chi connectivity index (χ0n) is 11.8. The summed E-state index contributed by atoms with van der Waals surface area (Å²) in [5, 5.41) is 15.2. The molecule has 0 bridgehead atoms. The number of benzene rings is 1. The first-order valence-electron chi connectivity index (χ1n) is 6.75. The molecule has 0 radical (unpaired) electrons. The molecule has 1 aromatic carbocycles. The Bertz CT molecular complexity index is 501. The van der Waals surface area contributed by atoms with Crippen LogP contribution >= 0.6 is 0 Å². The van der Waals surface area contributed by atoms with Crippen LogP contribution in [0.5, 0.6) is 0 Å². The molecular weight excluding hydrogens is 238 g/mol. The van der Waals surface area contributed by atoms with Crippen molar-refractivity contribution >= 4 is 0 Å². The van der Waals surface area contributed by atoms with Crippen LogP contribution in [0.4, 0.5) is 0 Å². The first-order valence-corrected chi connectivity index (χ1v) is 6.75. The van der Waals surface area contributed by atoms with Gasteiger partial charge in [-0.2, -0.15) is 0 Å². The summed E-state index contributed by atoms with van der Waals surface area (Å²) in [5.41, 5.74) is 2.57. The fraction of sp³-hybridized carbons (Fsp3) is 0.500. The maximum Gasteiger partial charge on any atom is 0.165 e. The van der Waals surface area contributed by atoms with E-state index in [1.54, 1.807) is 0 Å². The summed E-state index contributed by atoms with van der Waals surface area (Å²) in [5.74, 6) is 0.869. The van der Waals surface area contributed by atoms with Crippen molar-refractivity contribution in [2.75, 3.05) is 0 Å². The highest BCUT2D eigenvalue weighted by Crippen LogP contribution is 2.07. The first kappa shape index (κ1) is 13.7. The van der Waals surface area contributed by atoms with Crippen molar-refractivity contribution < 1.29 is 0 Å². The van der Waals surface area contributed by atoms with Gasteiger partial charge in [0.05, 0.1) is 13.1 Å². The molecule has 2 rings (SSSR count). The lowest BCUT2D eigenvalue weighted by Gasteiger charge is -2.08. The molecule has 0 spiro atoms. The third-order valence-corrected chi connectivity index (χ3v) is 3.04. The van der Waals surface area contributed by atoms with Crippen LogP contribution in [0, 0.1) is 0 Å². The molecule has 0 aliphatic carbocycles. The van der Waals surface area contributed by atoms with Gasteiger partial charge >= 0.3 is 0 Å². The molecule has 0 saturated heterocycles. The van der Waals surface area contributed by atoms with E-state index in [0.29, 0.717) is 19.1 Å². The first-order chi connectivity index (χ1) is 9.19. The number of hydrogen-bond acceptors (Lipinski definition) is 4. The van der Waals surface area contributed by atoms with E-state index in [-0.39, 0.29) is 0 Å². The second kappa shape index (κ2) is 6.43. The molecule has 1 N–H and O–H groups in total. The Hall–Kier alpha value is -1.75. The minimum Gasteiger partial charge on any atom is -0.308 e. The Balaban J connectivity index is 2.03. The Labute approximate surface area is 114 Å². The molecule has 1 heterocycles. The summed E-state index contributed by atoms with van der Waals surface area (Å²) in [6.45, 7) is 7.78. The summed E-state index contributed by atoms with van der Waals surface area (Å²) in [6.07, 6.45) is 1.06. The molecular formula is C14H21N5. The van der Waals surface area contributed by atoms with Crippen LogP contribution in [0.25, 0.3) is 0 Å². The topological polar surface area (TPSA) is 55.6 Å². The average molecular weight is 259 g/mol. The van der Waals surface area contributed by atoms with Gasteiger partial charge in [-0.15, -0.1) is 5.10 Å². The van der Waals surface area contributed by atoms with Crippen molar-refractivity contribution in [3.8, 4) is 0 Å². The van der Waals surface area contributed by atoms with Crippen molar-refractivity contribution in [1.29, 1.82) is 0 Å². The minimum absolute atomic E-state index is 0.425. The molecule has 0 amide bonds. The smallest absolute Gasteiger partial charge is 0.165 e. The van der Waals surface area contributed by atoms with Crippen LogP contribution in [-0.4, -0.2) is 26.2 Å². The Morgan fingerprint density at radius 3 is 2.47 bits per heavy atom. The van der Waals surface area contributed by atoms with Gasteiger partial charge in [0.1, 0.15) is 0 Å². The summed E-state index contributed by atoms with van der Waals surface area (Å²) < 4.78 is 1.84. The fourth-order valence-corrected chi connectivity index (χ4v) is 1.82. The standard InChI is InChI=1S/C14H21N5/c1-4-12-5-7-13(8-6-12)10-19-14(16-17-18-19)9-15-11(2)3/h5-8,11,15H,4,9-10H2,1-3H3.